The lowest BCUT2D eigenvalue weighted by Gasteiger charge is -2.11. The maximum absolute atomic E-state index is 6.03. The lowest BCUT2D eigenvalue weighted by molar-refractivity contribution is 0.459. The highest BCUT2D eigenvalue weighted by atomic mass is 35.5. The molecule has 0 aliphatic carbocycles. The zero-order valence-corrected chi connectivity index (χ0v) is 17.6. The van der Waals surface area contributed by atoms with Crippen LogP contribution in [-0.4, -0.2) is 18.6 Å². The van der Waals surface area contributed by atoms with Crippen molar-refractivity contribution in [2.45, 2.75) is 19.9 Å². The van der Waals surface area contributed by atoms with Crippen molar-refractivity contribution in [1.82, 2.24) is 15.6 Å². The number of benzene rings is 2. The number of nitrogens with zero attached hydrogens (tertiary/aromatic N) is 1. The summed E-state index contributed by atoms with van der Waals surface area (Å²) in [6.45, 7) is 7.67. The van der Waals surface area contributed by atoms with Crippen molar-refractivity contribution in [1.29, 1.82) is 0 Å². The third kappa shape index (κ3) is 6.08. The highest BCUT2D eigenvalue weighted by Gasteiger charge is 2.05. The maximum Gasteiger partial charge on any atom is 0.219 e. The van der Waals surface area contributed by atoms with Gasteiger partial charge in [0.15, 0.2) is 0 Å². The molecule has 5 heteroatoms. The van der Waals surface area contributed by atoms with Gasteiger partial charge in [0.1, 0.15) is 5.75 Å². The fourth-order valence-electron chi connectivity index (χ4n) is 2.97. The van der Waals surface area contributed by atoms with Crippen LogP contribution < -0.4 is 15.4 Å². The zero-order chi connectivity index (χ0) is 20.6. The van der Waals surface area contributed by atoms with E-state index in [1.165, 1.54) is 11.1 Å². The van der Waals surface area contributed by atoms with Crippen LogP contribution in [-0.2, 0) is 13.0 Å². The molecule has 150 valence electrons. The Morgan fingerprint density at radius 2 is 1.97 bits per heavy atom. The Kier molecular flexibility index (Phi) is 7.28. The number of aromatic nitrogens is 1. The van der Waals surface area contributed by atoms with Gasteiger partial charge in [0.05, 0.1) is 0 Å². The molecular weight excluding hydrogens is 382 g/mol. The molecule has 0 unspecified atom stereocenters. The Balaban J connectivity index is 1.52. The largest absolute Gasteiger partial charge is 0.439 e. The minimum absolute atomic E-state index is 0.563. The summed E-state index contributed by atoms with van der Waals surface area (Å²) in [6, 6.07) is 18.0. The first-order valence-electron chi connectivity index (χ1n) is 9.61. The molecule has 3 rings (SSSR count). The first kappa shape index (κ1) is 20.9. The average Bonchev–Trinajstić information content (AvgIpc) is 2.73. The Labute approximate surface area is 177 Å². The molecule has 0 fully saturated rings. The van der Waals surface area contributed by atoms with Crippen LogP contribution in [0.3, 0.4) is 0 Å². The molecule has 0 saturated carbocycles. The van der Waals surface area contributed by atoms with Crippen LogP contribution in [0.1, 0.15) is 22.3 Å². The van der Waals surface area contributed by atoms with Crippen LogP contribution in [0.25, 0.3) is 5.70 Å². The van der Waals surface area contributed by atoms with Gasteiger partial charge in [-0.05, 0) is 60.8 Å². The molecule has 2 N–H and O–H groups in total. The molecule has 29 heavy (non-hydrogen) atoms. The van der Waals surface area contributed by atoms with Gasteiger partial charge in [-0.2, -0.15) is 0 Å². The Morgan fingerprint density at radius 3 is 2.66 bits per heavy atom. The summed E-state index contributed by atoms with van der Waals surface area (Å²) in [4.78, 5) is 4.36. The molecule has 2 aromatic carbocycles. The van der Waals surface area contributed by atoms with Crippen molar-refractivity contribution in [2.24, 2.45) is 0 Å². The fourth-order valence-corrected chi connectivity index (χ4v) is 3.18. The lowest BCUT2D eigenvalue weighted by Crippen LogP contribution is -2.16. The normalized spacial score (nSPS) is 10.6. The summed E-state index contributed by atoms with van der Waals surface area (Å²) in [5, 5.41) is 7.27. The van der Waals surface area contributed by atoms with E-state index in [-0.39, 0.29) is 0 Å². The van der Waals surface area contributed by atoms with Crippen molar-refractivity contribution in [3.63, 3.8) is 0 Å². The second-order valence-corrected chi connectivity index (χ2v) is 7.31. The highest BCUT2D eigenvalue weighted by Crippen LogP contribution is 2.25. The van der Waals surface area contributed by atoms with Crippen LogP contribution in [0.5, 0.6) is 11.6 Å². The van der Waals surface area contributed by atoms with Gasteiger partial charge in [0.25, 0.3) is 0 Å². The van der Waals surface area contributed by atoms with E-state index in [0.29, 0.717) is 5.88 Å². The van der Waals surface area contributed by atoms with E-state index in [1.54, 1.807) is 6.20 Å². The topological polar surface area (TPSA) is 46.2 Å². The monoisotopic (exact) mass is 407 g/mol. The molecule has 0 aliphatic rings. The van der Waals surface area contributed by atoms with Gasteiger partial charge >= 0.3 is 0 Å². The molecule has 0 amide bonds. The number of rotatable bonds is 9. The molecule has 0 saturated heterocycles. The number of halogens is 1. The fraction of sp³-hybridized carbons (Fsp3) is 0.208. The van der Waals surface area contributed by atoms with Gasteiger partial charge < -0.3 is 15.4 Å². The van der Waals surface area contributed by atoms with Crippen LogP contribution in [0, 0.1) is 6.92 Å². The van der Waals surface area contributed by atoms with Crippen molar-refractivity contribution >= 4 is 17.3 Å². The van der Waals surface area contributed by atoms with E-state index in [0.717, 1.165) is 47.1 Å². The maximum atomic E-state index is 6.03. The summed E-state index contributed by atoms with van der Waals surface area (Å²) in [7, 11) is 1.84. The third-order valence-electron chi connectivity index (χ3n) is 4.65. The summed E-state index contributed by atoms with van der Waals surface area (Å²) >= 11 is 6.03. The second kappa shape index (κ2) is 10.1. The number of aryl methyl sites for hydroxylation is 1. The molecule has 0 bridgehead atoms. The second-order valence-electron chi connectivity index (χ2n) is 6.87. The minimum atomic E-state index is 0.563. The average molecular weight is 408 g/mol. The van der Waals surface area contributed by atoms with Crippen molar-refractivity contribution in [2.75, 3.05) is 13.6 Å². The summed E-state index contributed by atoms with van der Waals surface area (Å²) in [5.41, 5.74) is 5.30. The van der Waals surface area contributed by atoms with Gasteiger partial charge in [0, 0.05) is 42.1 Å². The molecular formula is C24H26ClN3O. The molecule has 3 aromatic rings. The number of ether oxygens (including phenoxy) is 1. The van der Waals surface area contributed by atoms with Gasteiger partial charge in [-0.25, -0.2) is 4.98 Å². The highest BCUT2D eigenvalue weighted by molar-refractivity contribution is 6.30. The molecule has 4 nitrogen and oxygen atoms in total. The van der Waals surface area contributed by atoms with Gasteiger partial charge in [0.2, 0.25) is 5.88 Å². The molecule has 0 atom stereocenters. The third-order valence-corrected chi connectivity index (χ3v) is 4.88. The predicted octanol–water partition coefficient (Wildman–Crippen LogP) is 5.36. The van der Waals surface area contributed by atoms with Crippen LogP contribution in [0.15, 0.2) is 67.4 Å². The first-order valence-corrected chi connectivity index (χ1v) is 9.98. The van der Waals surface area contributed by atoms with E-state index in [2.05, 4.69) is 40.4 Å². The van der Waals surface area contributed by atoms with Gasteiger partial charge in [-0.3, -0.25) is 0 Å². The number of hydrogen-bond acceptors (Lipinski definition) is 4. The van der Waals surface area contributed by atoms with Crippen molar-refractivity contribution in [3.05, 3.63) is 94.6 Å². The van der Waals surface area contributed by atoms with E-state index >= 15 is 0 Å². The summed E-state index contributed by atoms with van der Waals surface area (Å²) < 4.78 is 5.93. The SMILES string of the molecule is C=C(NC)c1ccc(Oc2ccc(CNCCc3cccc(Cl)c3)cc2C)nc1. The molecule has 1 aromatic heterocycles. The number of hydrogen-bond donors (Lipinski definition) is 2. The van der Waals surface area contributed by atoms with Crippen molar-refractivity contribution < 1.29 is 4.74 Å². The zero-order valence-electron chi connectivity index (χ0n) is 16.8. The van der Waals surface area contributed by atoms with E-state index < -0.39 is 0 Å². The van der Waals surface area contributed by atoms with Crippen LogP contribution in [0.2, 0.25) is 5.02 Å². The molecule has 0 radical (unpaired) electrons. The Morgan fingerprint density at radius 1 is 1.10 bits per heavy atom. The Bertz CT molecular complexity index is 970. The van der Waals surface area contributed by atoms with Crippen molar-refractivity contribution in [3.8, 4) is 11.6 Å². The molecule has 1 heterocycles. The Hall–Kier alpha value is -2.82. The van der Waals surface area contributed by atoms with Gasteiger partial charge in [-0.1, -0.05) is 42.4 Å². The smallest absolute Gasteiger partial charge is 0.219 e. The van der Waals surface area contributed by atoms with E-state index in [1.807, 2.05) is 50.4 Å². The summed E-state index contributed by atoms with van der Waals surface area (Å²) in [6.07, 6.45) is 2.70. The van der Waals surface area contributed by atoms with Crippen LogP contribution >= 0.6 is 11.6 Å². The van der Waals surface area contributed by atoms with E-state index in [4.69, 9.17) is 16.3 Å². The first-order chi connectivity index (χ1) is 14.0. The quantitative estimate of drug-likeness (QED) is 0.469. The lowest BCUT2D eigenvalue weighted by atomic mass is 10.1. The standard InChI is InChI=1S/C24H26ClN3O/c1-17-13-20(15-27-12-11-19-5-4-6-22(25)14-19)7-9-23(17)29-24-10-8-21(16-28-24)18(2)26-3/h4-10,13-14,16,26-27H,2,11-12,15H2,1,3H3. The van der Waals surface area contributed by atoms with Crippen LogP contribution in [0.4, 0.5) is 0 Å². The summed E-state index contributed by atoms with van der Waals surface area (Å²) in [5.74, 6) is 1.37. The van der Waals surface area contributed by atoms with E-state index in [9.17, 15) is 0 Å². The molecule has 0 aliphatic heterocycles. The number of nitrogens with one attached hydrogen (secondary N) is 2. The minimum Gasteiger partial charge on any atom is -0.439 e. The predicted molar refractivity (Wildman–Crippen MR) is 120 cm³/mol. The van der Waals surface area contributed by atoms with Gasteiger partial charge in [-0.15, -0.1) is 0 Å². The number of pyridine rings is 1. The molecule has 0 spiro atoms.